The summed E-state index contributed by atoms with van der Waals surface area (Å²) in [5.41, 5.74) is -0.161. The van der Waals surface area contributed by atoms with E-state index in [2.05, 4.69) is 11.4 Å². The van der Waals surface area contributed by atoms with Gasteiger partial charge in [-0.05, 0) is 63.2 Å². The van der Waals surface area contributed by atoms with Crippen LogP contribution in [0.2, 0.25) is 0 Å². The van der Waals surface area contributed by atoms with E-state index in [9.17, 15) is 9.59 Å². The zero-order valence-electron chi connectivity index (χ0n) is 13.6. The van der Waals surface area contributed by atoms with Crippen molar-refractivity contribution in [2.75, 3.05) is 13.1 Å². The molecule has 0 aromatic heterocycles. The minimum atomic E-state index is -0.248. The van der Waals surface area contributed by atoms with Gasteiger partial charge in [0, 0.05) is 17.5 Å². The summed E-state index contributed by atoms with van der Waals surface area (Å²) in [5.74, 6) is 1.33. The fraction of sp³-hybridized carbons (Fsp3) is 0.833. The normalized spacial score (nSPS) is 44.3. The molecule has 5 heteroatoms. The number of nitrogens with one attached hydrogen (secondary N) is 1. The van der Waals surface area contributed by atoms with Crippen LogP contribution < -0.4 is 5.32 Å². The van der Waals surface area contributed by atoms with Gasteiger partial charge < -0.3 is 15.0 Å². The third kappa shape index (κ3) is 2.48. The molecule has 1 amide bonds. The first-order valence-corrected chi connectivity index (χ1v) is 8.97. The highest BCUT2D eigenvalue weighted by atomic mass is 16.2. The number of nitrogens with zero attached hydrogens (tertiary/aromatic N) is 2. The lowest BCUT2D eigenvalue weighted by Gasteiger charge is -2.60. The smallest absolute Gasteiger partial charge is 0.237 e. The van der Waals surface area contributed by atoms with Crippen molar-refractivity contribution in [1.82, 2.24) is 10.2 Å². The molecule has 1 N–H and O–H groups in total. The molecule has 0 aromatic rings. The number of hydrogen-bond acceptors (Lipinski definition) is 4. The number of likely N-dealkylation sites (tertiary alicyclic amines) is 1. The van der Waals surface area contributed by atoms with Gasteiger partial charge in [-0.15, -0.1) is 0 Å². The van der Waals surface area contributed by atoms with Crippen LogP contribution in [0.1, 0.15) is 51.4 Å². The van der Waals surface area contributed by atoms with Gasteiger partial charge in [0.25, 0.3) is 0 Å². The van der Waals surface area contributed by atoms with Gasteiger partial charge in [-0.25, -0.2) is 0 Å². The van der Waals surface area contributed by atoms with E-state index in [1.54, 1.807) is 4.90 Å². The quantitative estimate of drug-likeness (QED) is 0.800. The molecular formula is C18H25N3O2. The maximum absolute atomic E-state index is 12.5. The Labute approximate surface area is 137 Å². The van der Waals surface area contributed by atoms with Crippen LogP contribution in [-0.4, -0.2) is 41.8 Å². The zero-order chi connectivity index (χ0) is 16.1. The first-order valence-electron chi connectivity index (χ1n) is 8.97. The Morgan fingerprint density at radius 1 is 1.30 bits per heavy atom. The fourth-order valence-electron chi connectivity index (χ4n) is 6.24. The van der Waals surface area contributed by atoms with Crippen molar-refractivity contribution >= 4 is 12.2 Å². The van der Waals surface area contributed by atoms with Gasteiger partial charge in [0.05, 0.1) is 12.6 Å². The first kappa shape index (κ1) is 15.1. The van der Waals surface area contributed by atoms with Crippen LogP contribution in [0.5, 0.6) is 0 Å². The average Bonchev–Trinajstić information content (AvgIpc) is 3.00. The van der Waals surface area contributed by atoms with Gasteiger partial charge in [0.1, 0.15) is 12.3 Å². The number of rotatable bonds is 4. The monoisotopic (exact) mass is 315 g/mol. The summed E-state index contributed by atoms with van der Waals surface area (Å²) in [6.07, 6.45) is 9.39. The minimum Gasteiger partial charge on any atom is -0.326 e. The molecule has 0 spiro atoms. The van der Waals surface area contributed by atoms with Crippen molar-refractivity contribution in [3.63, 3.8) is 0 Å². The van der Waals surface area contributed by atoms with Crippen LogP contribution in [0.4, 0.5) is 0 Å². The molecule has 1 aliphatic heterocycles. The molecule has 1 heterocycles. The molecule has 4 aliphatic carbocycles. The van der Waals surface area contributed by atoms with E-state index in [-0.39, 0.29) is 22.9 Å². The summed E-state index contributed by atoms with van der Waals surface area (Å²) in [7, 11) is 0. The Morgan fingerprint density at radius 2 is 2.04 bits per heavy atom. The summed E-state index contributed by atoms with van der Waals surface area (Å²) in [6, 6.07) is 1.99. The molecular weight excluding hydrogens is 290 g/mol. The number of aldehydes is 1. The van der Waals surface area contributed by atoms with E-state index in [0.29, 0.717) is 24.9 Å². The third-order valence-electron chi connectivity index (χ3n) is 6.69. The minimum absolute atomic E-state index is 0.0253. The van der Waals surface area contributed by atoms with Crippen molar-refractivity contribution < 1.29 is 9.59 Å². The van der Waals surface area contributed by atoms with Crippen molar-refractivity contribution in [1.29, 1.82) is 5.26 Å². The van der Waals surface area contributed by atoms with Crippen LogP contribution in [0.3, 0.4) is 0 Å². The Morgan fingerprint density at radius 3 is 2.70 bits per heavy atom. The lowest BCUT2D eigenvalue weighted by atomic mass is 9.47. The van der Waals surface area contributed by atoms with E-state index >= 15 is 0 Å². The Bertz CT molecular complexity index is 553. The van der Waals surface area contributed by atoms with Crippen molar-refractivity contribution in [3.05, 3.63) is 0 Å². The summed E-state index contributed by atoms with van der Waals surface area (Å²) in [5, 5.41) is 12.7. The topological polar surface area (TPSA) is 73.2 Å². The second kappa shape index (κ2) is 5.31. The van der Waals surface area contributed by atoms with Crippen molar-refractivity contribution in [2.45, 2.75) is 62.9 Å². The molecule has 1 saturated heterocycles. The molecule has 124 valence electrons. The van der Waals surface area contributed by atoms with Crippen LogP contribution in [0.15, 0.2) is 0 Å². The first-order chi connectivity index (χ1) is 11.1. The summed E-state index contributed by atoms with van der Waals surface area (Å²) < 4.78 is 0. The number of carbonyl (C=O) groups is 2. The SMILES string of the molecule is N#CC1CCCN1C(=O)CNC12CC3CC(CC(C=O)(C3)C1)C2. The molecule has 5 nitrogen and oxygen atoms in total. The largest absolute Gasteiger partial charge is 0.326 e. The summed E-state index contributed by atoms with van der Waals surface area (Å²) >= 11 is 0. The Balaban J connectivity index is 1.44. The lowest BCUT2D eigenvalue weighted by molar-refractivity contribution is -0.137. The van der Waals surface area contributed by atoms with Crippen molar-refractivity contribution in [3.8, 4) is 6.07 Å². The highest BCUT2D eigenvalue weighted by molar-refractivity contribution is 5.79. The van der Waals surface area contributed by atoms with E-state index in [0.717, 1.165) is 44.9 Å². The molecule has 0 radical (unpaired) electrons. The molecule has 5 rings (SSSR count). The maximum Gasteiger partial charge on any atom is 0.237 e. The van der Waals surface area contributed by atoms with Crippen LogP contribution in [0.25, 0.3) is 0 Å². The van der Waals surface area contributed by atoms with Gasteiger partial charge >= 0.3 is 0 Å². The number of carbonyl (C=O) groups excluding carboxylic acids is 2. The second-order valence-electron chi connectivity index (χ2n) is 8.45. The molecule has 5 aliphatic rings. The Hall–Kier alpha value is -1.41. The molecule has 3 unspecified atom stereocenters. The molecule has 3 atom stereocenters. The second-order valence-corrected chi connectivity index (χ2v) is 8.45. The van der Waals surface area contributed by atoms with Crippen LogP contribution in [-0.2, 0) is 9.59 Å². The standard InChI is InChI=1S/C18H25N3O2/c19-9-15-2-1-3-21(15)16(23)10-20-18-7-13-4-14(8-18)6-17(5-13,11-18)12-22/h12-15,20H,1-8,10-11H2. The van der Waals surface area contributed by atoms with Gasteiger partial charge in [-0.3, -0.25) is 4.79 Å². The van der Waals surface area contributed by atoms with Gasteiger partial charge in [-0.2, -0.15) is 5.26 Å². The van der Waals surface area contributed by atoms with Crippen LogP contribution in [0, 0.1) is 28.6 Å². The summed E-state index contributed by atoms with van der Waals surface area (Å²) in [4.78, 5) is 25.9. The molecule has 0 aromatic carbocycles. The fourth-order valence-corrected chi connectivity index (χ4v) is 6.24. The predicted molar refractivity (Wildman–Crippen MR) is 84.3 cm³/mol. The van der Waals surface area contributed by atoms with Gasteiger partial charge in [0.2, 0.25) is 5.91 Å². The molecule has 23 heavy (non-hydrogen) atoms. The van der Waals surface area contributed by atoms with Gasteiger partial charge in [0.15, 0.2) is 0 Å². The average molecular weight is 315 g/mol. The maximum atomic E-state index is 12.5. The zero-order valence-corrected chi connectivity index (χ0v) is 13.6. The Kier molecular flexibility index (Phi) is 3.49. The van der Waals surface area contributed by atoms with E-state index in [1.807, 2.05) is 0 Å². The third-order valence-corrected chi connectivity index (χ3v) is 6.69. The predicted octanol–water partition coefficient (Wildman–Crippen LogP) is 1.63. The van der Waals surface area contributed by atoms with E-state index in [4.69, 9.17) is 5.26 Å². The van der Waals surface area contributed by atoms with E-state index < -0.39 is 0 Å². The molecule has 4 saturated carbocycles. The number of nitriles is 1. The summed E-state index contributed by atoms with van der Waals surface area (Å²) in [6.45, 7) is 1.02. The number of amides is 1. The molecule has 4 bridgehead atoms. The van der Waals surface area contributed by atoms with Gasteiger partial charge in [-0.1, -0.05) is 0 Å². The van der Waals surface area contributed by atoms with E-state index in [1.165, 1.54) is 12.7 Å². The lowest BCUT2D eigenvalue weighted by Crippen LogP contribution is -2.63. The highest BCUT2D eigenvalue weighted by Gasteiger charge is 2.57. The highest BCUT2D eigenvalue weighted by Crippen LogP contribution is 2.60. The van der Waals surface area contributed by atoms with Crippen LogP contribution >= 0.6 is 0 Å². The molecule has 5 fully saturated rings. The van der Waals surface area contributed by atoms with Crippen molar-refractivity contribution in [2.24, 2.45) is 17.3 Å². The number of hydrogen-bond donors (Lipinski definition) is 1.